The predicted octanol–water partition coefficient (Wildman–Crippen LogP) is 1.66. The Kier molecular flexibility index (Phi) is 4.93. The van der Waals surface area contributed by atoms with E-state index in [1.165, 1.54) is 5.56 Å². The van der Waals surface area contributed by atoms with Crippen LogP contribution in [0.3, 0.4) is 0 Å². The Morgan fingerprint density at radius 2 is 1.74 bits per heavy atom. The molecular formula is C15H21NO3. The monoisotopic (exact) mass is 263 g/mol. The first-order valence-corrected chi connectivity index (χ1v) is 6.83. The summed E-state index contributed by atoms with van der Waals surface area (Å²) in [5.41, 5.74) is 2.32. The Morgan fingerprint density at radius 1 is 1.16 bits per heavy atom. The number of hydrogen-bond donors (Lipinski definition) is 2. The van der Waals surface area contributed by atoms with Crippen LogP contribution in [0.4, 0.5) is 0 Å². The van der Waals surface area contributed by atoms with E-state index in [9.17, 15) is 9.90 Å². The number of nitrogens with zero attached hydrogens (tertiary/aromatic N) is 1. The summed E-state index contributed by atoms with van der Waals surface area (Å²) < 4.78 is 0. The third-order valence-corrected chi connectivity index (χ3v) is 3.61. The zero-order chi connectivity index (χ0) is 13.7. The highest BCUT2D eigenvalue weighted by Crippen LogP contribution is 2.14. The summed E-state index contributed by atoms with van der Waals surface area (Å²) in [6, 6.07) is 8.17. The summed E-state index contributed by atoms with van der Waals surface area (Å²) in [7, 11) is 0. The summed E-state index contributed by atoms with van der Waals surface area (Å²) in [5, 5.41) is 18.1. The zero-order valence-electron chi connectivity index (χ0n) is 11.1. The molecule has 0 unspecified atom stereocenters. The van der Waals surface area contributed by atoms with E-state index >= 15 is 0 Å². The van der Waals surface area contributed by atoms with Gasteiger partial charge in [0.05, 0.1) is 6.10 Å². The normalized spacial score (nSPS) is 17.5. The van der Waals surface area contributed by atoms with Crippen LogP contribution in [0.1, 0.15) is 30.4 Å². The Bertz CT molecular complexity index is 408. The summed E-state index contributed by atoms with van der Waals surface area (Å²) >= 11 is 0. The van der Waals surface area contributed by atoms with Crippen LogP contribution < -0.4 is 0 Å². The maximum absolute atomic E-state index is 10.5. The van der Waals surface area contributed by atoms with Gasteiger partial charge in [0, 0.05) is 26.1 Å². The lowest BCUT2D eigenvalue weighted by Crippen LogP contribution is -2.35. The highest BCUT2D eigenvalue weighted by molar-refractivity contribution is 5.67. The summed E-state index contributed by atoms with van der Waals surface area (Å²) in [4.78, 5) is 12.8. The first-order chi connectivity index (χ1) is 9.13. The molecule has 2 N–H and O–H groups in total. The third kappa shape index (κ3) is 4.65. The van der Waals surface area contributed by atoms with Crippen molar-refractivity contribution in [2.75, 3.05) is 13.1 Å². The average molecular weight is 263 g/mol. The van der Waals surface area contributed by atoms with Gasteiger partial charge in [-0.3, -0.25) is 9.69 Å². The molecule has 19 heavy (non-hydrogen) atoms. The van der Waals surface area contributed by atoms with E-state index in [4.69, 9.17) is 5.11 Å². The van der Waals surface area contributed by atoms with E-state index in [-0.39, 0.29) is 12.5 Å². The second-order valence-electron chi connectivity index (χ2n) is 5.22. The molecule has 1 heterocycles. The molecule has 2 rings (SSSR count). The number of carboxylic acids is 1. The number of aliphatic carboxylic acids is 1. The molecule has 4 nitrogen and oxygen atoms in total. The molecule has 1 aliphatic heterocycles. The fraction of sp³-hybridized carbons (Fsp3) is 0.533. The number of rotatable bonds is 5. The number of aliphatic hydroxyl groups excluding tert-OH is 1. The van der Waals surface area contributed by atoms with Crippen molar-refractivity contribution in [3.8, 4) is 0 Å². The van der Waals surface area contributed by atoms with Gasteiger partial charge in [0.1, 0.15) is 0 Å². The van der Waals surface area contributed by atoms with Crippen LogP contribution in [0.5, 0.6) is 0 Å². The number of aryl methyl sites for hydroxylation is 1. The maximum atomic E-state index is 10.5. The third-order valence-electron chi connectivity index (χ3n) is 3.61. The van der Waals surface area contributed by atoms with Gasteiger partial charge < -0.3 is 10.2 Å². The van der Waals surface area contributed by atoms with Crippen molar-refractivity contribution in [3.05, 3.63) is 35.4 Å². The van der Waals surface area contributed by atoms with Crippen molar-refractivity contribution in [1.82, 2.24) is 4.90 Å². The molecule has 0 aromatic heterocycles. The van der Waals surface area contributed by atoms with Gasteiger partial charge in [-0.2, -0.15) is 0 Å². The molecule has 0 bridgehead atoms. The van der Waals surface area contributed by atoms with E-state index in [1.807, 2.05) is 12.1 Å². The number of hydrogen-bond acceptors (Lipinski definition) is 3. The van der Waals surface area contributed by atoms with Gasteiger partial charge in [-0.1, -0.05) is 24.3 Å². The number of piperidine rings is 1. The smallest absolute Gasteiger partial charge is 0.303 e. The number of benzene rings is 1. The highest BCUT2D eigenvalue weighted by Gasteiger charge is 2.16. The van der Waals surface area contributed by atoms with E-state index in [0.717, 1.165) is 38.0 Å². The van der Waals surface area contributed by atoms with Crippen LogP contribution in [0.2, 0.25) is 0 Å². The molecule has 0 aliphatic carbocycles. The minimum Gasteiger partial charge on any atom is -0.481 e. The number of carbonyl (C=O) groups is 1. The standard InChI is InChI=1S/C15H21NO3/c17-14-7-9-16(10-8-14)11-13-3-1-12(2-4-13)5-6-15(18)19/h1-4,14,17H,5-11H2,(H,18,19). The molecule has 0 amide bonds. The molecule has 1 fully saturated rings. The van der Waals surface area contributed by atoms with Gasteiger partial charge in [0.2, 0.25) is 0 Å². The number of carboxylic acid groups (broad SMARTS) is 1. The molecule has 0 saturated carbocycles. The molecule has 1 saturated heterocycles. The van der Waals surface area contributed by atoms with Gasteiger partial charge >= 0.3 is 5.97 Å². The molecule has 1 aromatic rings. The Morgan fingerprint density at radius 3 is 2.32 bits per heavy atom. The van der Waals surface area contributed by atoms with Crippen molar-refractivity contribution in [3.63, 3.8) is 0 Å². The highest BCUT2D eigenvalue weighted by atomic mass is 16.4. The van der Waals surface area contributed by atoms with Gasteiger partial charge in [-0.15, -0.1) is 0 Å². The predicted molar refractivity (Wildman–Crippen MR) is 72.9 cm³/mol. The van der Waals surface area contributed by atoms with Crippen LogP contribution in [0.15, 0.2) is 24.3 Å². The quantitative estimate of drug-likeness (QED) is 0.848. The molecule has 4 heteroatoms. The van der Waals surface area contributed by atoms with E-state index in [2.05, 4.69) is 17.0 Å². The SMILES string of the molecule is O=C(O)CCc1ccc(CN2CCC(O)CC2)cc1. The molecule has 1 aromatic carbocycles. The van der Waals surface area contributed by atoms with Crippen LogP contribution >= 0.6 is 0 Å². The van der Waals surface area contributed by atoms with Crippen LogP contribution in [0, 0.1) is 0 Å². The first-order valence-electron chi connectivity index (χ1n) is 6.83. The Balaban J connectivity index is 1.83. The van der Waals surface area contributed by atoms with Gasteiger partial charge in [-0.25, -0.2) is 0 Å². The lowest BCUT2D eigenvalue weighted by Gasteiger charge is -2.29. The van der Waals surface area contributed by atoms with Crippen molar-refractivity contribution in [2.24, 2.45) is 0 Å². The first kappa shape index (κ1) is 14.0. The molecule has 0 spiro atoms. The van der Waals surface area contributed by atoms with Gasteiger partial charge in [0.15, 0.2) is 0 Å². The molecule has 104 valence electrons. The van der Waals surface area contributed by atoms with Crippen molar-refractivity contribution < 1.29 is 15.0 Å². The minimum atomic E-state index is -0.754. The lowest BCUT2D eigenvalue weighted by atomic mass is 10.0. The van der Waals surface area contributed by atoms with Crippen molar-refractivity contribution in [1.29, 1.82) is 0 Å². The number of likely N-dealkylation sites (tertiary alicyclic amines) is 1. The van der Waals surface area contributed by atoms with Gasteiger partial charge in [-0.05, 0) is 30.4 Å². The van der Waals surface area contributed by atoms with E-state index in [1.54, 1.807) is 0 Å². The second-order valence-corrected chi connectivity index (χ2v) is 5.22. The largest absolute Gasteiger partial charge is 0.481 e. The summed E-state index contributed by atoms with van der Waals surface area (Å²) in [5.74, 6) is -0.754. The zero-order valence-corrected chi connectivity index (χ0v) is 11.1. The van der Waals surface area contributed by atoms with Gasteiger partial charge in [0.25, 0.3) is 0 Å². The molecular weight excluding hydrogens is 242 g/mol. The fourth-order valence-corrected chi connectivity index (χ4v) is 2.40. The van der Waals surface area contributed by atoms with Crippen LogP contribution in [-0.4, -0.2) is 40.3 Å². The minimum absolute atomic E-state index is 0.130. The fourth-order valence-electron chi connectivity index (χ4n) is 2.40. The number of aliphatic hydroxyl groups is 1. The molecule has 0 radical (unpaired) electrons. The van der Waals surface area contributed by atoms with E-state index in [0.29, 0.717) is 6.42 Å². The van der Waals surface area contributed by atoms with E-state index < -0.39 is 5.97 Å². The van der Waals surface area contributed by atoms with Crippen LogP contribution in [0.25, 0.3) is 0 Å². The lowest BCUT2D eigenvalue weighted by molar-refractivity contribution is -0.136. The molecule has 1 aliphatic rings. The average Bonchev–Trinajstić information content (AvgIpc) is 2.40. The Labute approximate surface area is 113 Å². The van der Waals surface area contributed by atoms with Crippen molar-refractivity contribution in [2.45, 2.75) is 38.3 Å². The van der Waals surface area contributed by atoms with Crippen LogP contribution in [-0.2, 0) is 17.8 Å². The van der Waals surface area contributed by atoms with Crippen molar-refractivity contribution >= 4 is 5.97 Å². The maximum Gasteiger partial charge on any atom is 0.303 e. The topological polar surface area (TPSA) is 60.8 Å². The Hall–Kier alpha value is -1.39. The second kappa shape index (κ2) is 6.68. The molecule has 0 atom stereocenters. The summed E-state index contributed by atoms with van der Waals surface area (Å²) in [6.45, 7) is 2.80. The summed E-state index contributed by atoms with van der Waals surface area (Å²) in [6.07, 6.45) is 2.36.